The number of carbonyl (C=O) groups excluding carboxylic acids is 1. The number of hydrogen-bond donors (Lipinski definition) is 2. The van der Waals surface area contributed by atoms with Crippen LogP contribution in [0.3, 0.4) is 0 Å². The number of thiophene rings is 1. The Hall–Kier alpha value is -1.52. The molecule has 1 heterocycles. The Balaban J connectivity index is 2.00. The molecule has 2 rings (SSSR count). The zero-order valence-corrected chi connectivity index (χ0v) is 10.5. The van der Waals surface area contributed by atoms with Gasteiger partial charge < -0.3 is 11.1 Å². The summed E-state index contributed by atoms with van der Waals surface area (Å²) in [6, 6.07) is 8.90. The van der Waals surface area contributed by atoms with Crippen LogP contribution in [0.5, 0.6) is 0 Å². The quantitative estimate of drug-likeness (QED) is 0.839. The highest BCUT2D eigenvalue weighted by atomic mass is 35.5. The summed E-state index contributed by atoms with van der Waals surface area (Å²) >= 11 is 7.43. The molecule has 1 amide bonds. The predicted molar refractivity (Wildman–Crippen MR) is 72.5 cm³/mol. The summed E-state index contributed by atoms with van der Waals surface area (Å²) in [5.74, 6) is -0.0618. The van der Waals surface area contributed by atoms with E-state index in [9.17, 15) is 4.79 Å². The molecule has 88 valence electrons. The number of halogens is 1. The summed E-state index contributed by atoms with van der Waals surface area (Å²) in [4.78, 5) is 12.7. The van der Waals surface area contributed by atoms with Crippen LogP contribution in [-0.4, -0.2) is 5.91 Å². The summed E-state index contributed by atoms with van der Waals surface area (Å²) in [6.45, 7) is 0. The predicted octanol–water partition coefficient (Wildman–Crippen LogP) is 3.16. The topological polar surface area (TPSA) is 55.1 Å². The van der Waals surface area contributed by atoms with E-state index in [0.717, 1.165) is 4.88 Å². The number of rotatable bonds is 3. The molecule has 0 aliphatic carbocycles. The Morgan fingerprint density at radius 2 is 2.24 bits per heavy atom. The molecule has 3 nitrogen and oxygen atoms in total. The zero-order chi connectivity index (χ0) is 12.3. The van der Waals surface area contributed by atoms with Crippen molar-refractivity contribution in [2.45, 2.75) is 6.42 Å². The third kappa shape index (κ3) is 3.22. The standard InChI is InChI=1S/C12H11ClN2OS/c13-10-6-8(3-4-11(10)14)15-12(16)7-9-2-1-5-17-9/h1-6H,7,14H2,(H,15,16). The summed E-state index contributed by atoms with van der Waals surface area (Å²) in [5.41, 5.74) is 6.75. The van der Waals surface area contributed by atoms with Crippen molar-refractivity contribution in [3.05, 3.63) is 45.6 Å². The van der Waals surface area contributed by atoms with Crippen LogP contribution in [0.2, 0.25) is 5.02 Å². The minimum atomic E-state index is -0.0618. The van der Waals surface area contributed by atoms with Gasteiger partial charge in [-0.3, -0.25) is 4.79 Å². The number of amides is 1. The van der Waals surface area contributed by atoms with Crippen LogP contribution in [0.25, 0.3) is 0 Å². The number of nitrogens with one attached hydrogen (secondary N) is 1. The fraction of sp³-hybridized carbons (Fsp3) is 0.0833. The van der Waals surface area contributed by atoms with Gasteiger partial charge in [-0.15, -0.1) is 11.3 Å². The van der Waals surface area contributed by atoms with Crippen molar-refractivity contribution in [2.24, 2.45) is 0 Å². The molecule has 0 saturated heterocycles. The molecule has 0 fully saturated rings. The second-order valence-electron chi connectivity index (χ2n) is 3.54. The van der Waals surface area contributed by atoms with Crippen LogP contribution in [0.4, 0.5) is 11.4 Å². The highest BCUT2D eigenvalue weighted by molar-refractivity contribution is 7.10. The highest BCUT2D eigenvalue weighted by Gasteiger charge is 2.05. The van der Waals surface area contributed by atoms with Crippen molar-refractivity contribution >= 4 is 40.2 Å². The van der Waals surface area contributed by atoms with Gasteiger partial charge >= 0.3 is 0 Å². The third-order valence-corrected chi connectivity index (χ3v) is 3.40. The fourth-order valence-electron chi connectivity index (χ4n) is 1.38. The first kappa shape index (κ1) is 12.0. The van der Waals surface area contributed by atoms with Crippen LogP contribution >= 0.6 is 22.9 Å². The van der Waals surface area contributed by atoms with Crippen molar-refractivity contribution in [2.75, 3.05) is 11.1 Å². The summed E-state index contributed by atoms with van der Waals surface area (Å²) in [7, 11) is 0. The van der Waals surface area contributed by atoms with Crippen molar-refractivity contribution in [3.8, 4) is 0 Å². The molecule has 5 heteroatoms. The Morgan fingerprint density at radius 3 is 2.88 bits per heavy atom. The van der Waals surface area contributed by atoms with Gasteiger partial charge in [0.1, 0.15) is 0 Å². The zero-order valence-electron chi connectivity index (χ0n) is 8.94. The lowest BCUT2D eigenvalue weighted by atomic mass is 10.2. The SMILES string of the molecule is Nc1ccc(NC(=O)Cc2cccs2)cc1Cl. The molecule has 0 unspecified atom stereocenters. The molecule has 1 aromatic heterocycles. The fourth-order valence-corrected chi connectivity index (χ4v) is 2.27. The number of benzene rings is 1. The molecule has 3 N–H and O–H groups in total. The van der Waals surface area contributed by atoms with Crippen LogP contribution in [0, 0.1) is 0 Å². The Bertz CT molecular complexity index is 525. The van der Waals surface area contributed by atoms with Gasteiger partial charge in [0.25, 0.3) is 0 Å². The van der Waals surface area contributed by atoms with E-state index in [4.69, 9.17) is 17.3 Å². The lowest BCUT2D eigenvalue weighted by Crippen LogP contribution is -2.13. The van der Waals surface area contributed by atoms with E-state index in [2.05, 4.69) is 5.32 Å². The lowest BCUT2D eigenvalue weighted by Gasteiger charge is -2.05. The van der Waals surface area contributed by atoms with Gasteiger partial charge in [0.15, 0.2) is 0 Å². The Morgan fingerprint density at radius 1 is 1.41 bits per heavy atom. The maximum atomic E-state index is 11.7. The van der Waals surface area contributed by atoms with Crippen LogP contribution in [0.15, 0.2) is 35.7 Å². The first-order valence-corrected chi connectivity index (χ1v) is 6.28. The second kappa shape index (κ2) is 5.21. The minimum absolute atomic E-state index is 0.0618. The van der Waals surface area contributed by atoms with E-state index in [1.54, 1.807) is 29.5 Å². The molecule has 0 spiro atoms. The van der Waals surface area contributed by atoms with Gasteiger partial charge in [0.2, 0.25) is 5.91 Å². The maximum absolute atomic E-state index is 11.7. The van der Waals surface area contributed by atoms with E-state index in [-0.39, 0.29) is 5.91 Å². The Kier molecular flexibility index (Phi) is 3.66. The van der Waals surface area contributed by atoms with Gasteiger partial charge in [-0.05, 0) is 29.6 Å². The third-order valence-electron chi connectivity index (χ3n) is 2.20. The first-order valence-electron chi connectivity index (χ1n) is 5.02. The molecule has 1 aromatic carbocycles. The second-order valence-corrected chi connectivity index (χ2v) is 4.98. The average molecular weight is 267 g/mol. The molecular weight excluding hydrogens is 256 g/mol. The van der Waals surface area contributed by atoms with Gasteiger partial charge in [-0.1, -0.05) is 17.7 Å². The summed E-state index contributed by atoms with van der Waals surface area (Å²) in [5, 5.41) is 5.17. The van der Waals surface area contributed by atoms with Gasteiger partial charge in [0.05, 0.1) is 17.1 Å². The van der Waals surface area contributed by atoms with E-state index < -0.39 is 0 Å². The number of anilines is 2. The van der Waals surface area contributed by atoms with Gasteiger partial charge in [-0.25, -0.2) is 0 Å². The number of hydrogen-bond acceptors (Lipinski definition) is 3. The molecule has 17 heavy (non-hydrogen) atoms. The molecule has 0 saturated carbocycles. The van der Waals surface area contributed by atoms with E-state index in [1.165, 1.54) is 0 Å². The number of carbonyl (C=O) groups is 1. The first-order chi connectivity index (χ1) is 8.15. The molecule has 0 aliphatic heterocycles. The van der Waals surface area contributed by atoms with Crippen molar-refractivity contribution < 1.29 is 4.79 Å². The number of nitrogens with two attached hydrogens (primary N) is 1. The molecule has 0 atom stereocenters. The molecular formula is C12H11ClN2OS. The maximum Gasteiger partial charge on any atom is 0.229 e. The molecule has 0 aliphatic rings. The van der Waals surface area contributed by atoms with Crippen molar-refractivity contribution in [1.82, 2.24) is 0 Å². The van der Waals surface area contributed by atoms with Gasteiger partial charge in [0, 0.05) is 10.6 Å². The van der Waals surface area contributed by atoms with E-state index in [0.29, 0.717) is 22.8 Å². The summed E-state index contributed by atoms with van der Waals surface area (Å²) < 4.78 is 0. The largest absolute Gasteiger partial charge is 0.398 e. The van der Waals surface area contributed by atoms with Crippen molar-refractivity contribution in [3.63, 3.8) is 0 Å². The van der Waals surface area contributed by atoms with E-state index in [1.807, 2.05) is 17.5 Å². The molecule has 0 bridgehead atoms. The normalized spacial score (nSPS) is 10.2. The molecule has 0 radical (unpaired) electrons. The van der Waals surface area contributed by atoms with Crippen molar-refractivity contribution in [1.29, 1.82) is 0 Å². The van der Waals surface area contributed by atoms with Crippen LogP contribution in [0.1, 0.15) is 4.88 Å². The molecule has 2 aromatic rings. The highest BCUT2D eigenvalue weighted by Crippen LogP contribution is 2.22. The smallest absolute Gasteiger partial charge is 0.229 e. The average Bonchev–Trinajstić information content (AvgIpc) is 2.76. The monoisotopic (exact) mass is 266 g/mol. The lowest BCUT2D eigenvalue weighted by molar-refractivity contribution is -0.115. The van der Waals surface area contributed by atoms with Gasteiger partial charge in [-0.2, -0.15) is 0 Å². The van der Waals surface area contributed by atoms with Crippen LogP contribution in [-0.2, 0) is 11.2 Å². The Labute approximate surface area is 108 Å². The number of nitrogen functional groups attached to an aromatic ring is 1. The summed E-state index contributed by atoms with van der Waals surface area (Å²) in [6.07, 6.45) is 0.375. The van der Waals surface area contributed by atoms with E-state index >= 15 is 0 Å². The van der Waals surface area contributed by atoms with Crippen LogP contribution < -0.4 is 11.1 Å². The minimum Gasteiger partial charge on any atom is -0.398 e.